The van der Waals surface area contributed by atoms with Crippen molar-refractivity contribution in [1.82, 2.24) is 15.2 Å². The first-order valence-electron chi connectivity index (χ1n) is 7.07. The van der Waals surface area contributed by atoms with Crippen LogP contribution in [0.3, 0.4) is 0 Å². The average molecular weight is 320 g/mol. The van der Waals surface area contributed by atoms with Crippen molar-refractivity contribution in [3.05, 3.63) is 53.9 Å². The number of nitrogens with zero attached hydrogens (tertiary/aromatic N) is 2. The number of carbonyl (C=O) groups excluding carboxylic acids is 1. The molecule has 0 atom stereocenters. The Kier molecular flexibility index (Phi) is 5.59. The molecule has 5 nitrogen and oxygen atoms in total. The van der Waals surface area contributed by atoms with Gasteiger partial charge in [0.1, 0.15) is 5.69 Å². The fraction of sp³-hybridized carbons (Fsp3) is 0.250. The van der Waals surface area contributed by atoms with Crippen LogP contribution in [0.1, 0.15) is 10.5 Å². The highest BCUT2D eigenvalue weighted by Crippen LogP contribution is 2.19. The number of halogens is 2. The summed E-state index contributed by atoms with van der Waals surface area (Å²) in [4.78, 5) is 18.0. The SMILES string of the molecule is CN(C)CCNC(=O)c1cc(Nc2ccc(F)c(F)c2)ccn1. The molecule has 1 amide bonds. The molecule has 122 valence electrons. The predicted octanol–water partition coefficient (Wildman–Crippen LogP) is 2.39. The van der Waals surface area contributed by atoms with Crippen LogP contribution < -0.4 is 10.6 Å². The molecule has 1 aromatic carbocycles. The van der Waals surface area contributed by atoms with Crippen LogP contribution in [0.2, 0.25) is 0 Å². The van der Waals surface area contributed by atoms with Crippen molar-refractivity contribution in [1.29, 1.82) is 0 Å². The number of benzene rings is 1. The van der Waals surface area contributed by atoms with E-state index in [4.69, 9.17) is 0 Å². The molecule has 0 radical (unpaired) electrons. The van der Waals surface area contributed by atoms with Crippen LogP contribution in [0.15, 0.2) is 36.5 Å². The van der Waals surface area contributed by atoms with Gasteiger partial charge in [0.05, 0.1) is 0 Å². The smallest absolute Gasteiger partial charge is 0.269 e. The van der Waals surface area contributed by atoms with Crippen molar-refractivity contribution in [3.63, 3.8) is 0 Å². The number of pyridine rings is 1. The van der Waals surface area contributed by atoms with E-state index in [1.165, 1.54) is 12.3 Å². The maximum absolute atomic E-state index is 13.2. The van der Waals surface area contributed by atoms with Crippen molar-refractivity contribution in [2.75, 3.05) is 32.5 Å². The normalized spacial score (nSPS) is 10.7. The molecular formula is C16H18F2N4O. The van der Waals surface area contributed by atoms with Crippen LogP contribution >= 0.6 is 0 Å². The van der Waals surface area contributed by atoms with Gasteiger partial charge >= 0.3 is 0 Å². The molecule has 0 bridgehead atoms. The van der Waals surface area contributed by atoms with Crippen LogP contribution in [0, 0.1) is 11.6 Å². The van der Waals surface area contributed by atoms with E-state index >= 15 is 0 Å². The van der Waals surface area contributed by atoms with Gasteiger partial charge in [0.2, 0.25) is 0 Å². The number of amides is 1. The highest BCUT2D eigenvalue weighted by atomic mass is 19.2. The molecule has 1 aromatic heterocycles. The zero-order valence-electron chi connectivity index (χ0n) is 12.9. The monoisotopic (exact) mass is 320 g/mol. The second-order valence-corrected chi connectivity index (χ2v) is 5.24. The molecule has 0 fully saturated rings. The maximum Gasteiger partial charge on any atom is 0.269 e. The number of rotatable bonds is 6. The lowest BCUT2D eigenvalue weighted by molar-refractivity contribution is 0.0946. The van der Waals surface area contributed by atoms with E-state index in [1.807, 2.05) is 19.0 Å². The summed E-state index contributed by atoms with van der Waals surface area (Å²) in [5.41, 5.74) is 1.19. The molecule has 0 saturated heterocycles. The second-order valence-electron chi connectivity index (χ2n) is 5.24. The predicted molar refractivity (Wildman–Crippen MR) is 84.8 cm³/mol. The number of aromatic nitrogens is 1. The van der Waals surface area contributed by atoms with E-state index in [2.05, 4.69) is 15.6 Å². The quantitative estimate of drug-likeness (QED) is 0.858. The summed E-state index contributed by atoms with van der Waals surface area (Å²) in [6, 6.07) is 6.68. The highest BCUT2D eigenvalue weighted by molar-refractivity contribution is 5.93. The van der Waals surface area contributed by atoms with E-state index in [9.17, 15) is 13.6 Å². The molecule has 1 heterocycles. The third-order valence-electron chi connectivity index (χ3n) is 3.05. The molecule has 0 aliphatic rings. The van der Waals surface area contributed by atoms with Gasteiger partial charge in [-0.1, -0.05) is 0 Å². The zero-order chi connectivity index (χ0) is 16.8. The second kappa shape index (κ2) is 7.64. The minimum Gasteiger partial charge on any atom is -0.355 e. The van der Waals surface area contributed by atoms with E-state index in [0.717, 1.165) is 18.7 Å². The van der Waals surface area contributed by atoms with Crippen molar-refractivity contribution >= 4 is 17.3 Å². The Morgan fingerprint density at radius 3 is 2.57 bits per heavy atom. The molecule has 0 aliphatic carbocycles. The lowest BCUT2D eigenvalue weighted by Crippen LogP contribution is -2.31. The topological polar surface area (TPSA) is 57.3 Å². The van der Waals surface area contributed by atoms with Crippen LogP contribution in [-0.2, 0) is 0 Å². The van der Waals surface area contributed by atoms with Crippen molar-refractivity contribution in [2.45, 2.75) is 0 Å². The number of anilines is 2. The van der Waals surface area contributed by atoms with Gasteiger partial charge in [-0.25, -0.2) is 8.78 Å². The Bertz CT molecular complexity index is 692. The van der Waals surface area contributed by atoms with Gasteiger partial charge < -0.3 is 15.5 Å². The summed E-state index contributed by atoms with van der Waals surface area (Å²) in [6.45, 7) is 1.23. The molecular weight excluding hydrogens is 302 g/mol. The summed E-state index contributed by atoms with van der Waals surface area (Å²) < 4.78 is 26.1. The van der Waals surface area contributed by atoms with E-state index in [-0.39, 0.29) is 11.6 Å². The van der Waals surface area contributed by atoms with Gasteiger partial charge in [0.15, 0.2) is 11.6 Å². The largest absolute Gasteiger partial charge is 0.355 e. The van der Waals surface area contributed by atoms with E-state index in [1.54, 1.807) is 12.1 Å². The van der Waals surface area contributed by atoms with Gasteiger partial charge in [0.25, 0.3) is 5.91 Å². The Hall–Kier alpha value is -2.54. The fourth-order valence-electron chi connectivity index (χ4n) is 1.86. The van der Waals surface area contributed by atoms with Crippen LogP contribution in [0.25, 0.3) is 0 Å². The molecule has 0 saturated carbocycles. The Balaban J connectivity index is 2.04. The minimum absolute atomic E-state index is 0.247. The Labute approximate surface area is 133 Å². The number of hydrogen-bond donors (Lipinski definition) is 2. The van der Waals surface area contributed by atoms with Gasteiger partial charge in [-0.15, -0.1) is 0 Å². The number of hydrogen-bond acceptors (Lipinski definition) is 4. The van der Waals surface area contributed by atoms with E-state index < -0.39 is 11.6 Å². The average Bonchev–Trinajstić information content (AvgIpc) is 2.51. The zero-order valence-corrected chi connectivity index (χ0v) is 12.9. The molecule has 0 spiro atoms. The summed E-state index contributed by atoms with van der Waals surface area (Å²) in [6.07, 6.45) is 1.48. The molecule has 2 N–H and O–H groups in total. The molecule has 0 aliphatic heterocycles. The lowest BCUT2D eigenvalue weighted by atomic mass is 10.2. The molecule has 23 heavy (non-hydrogen) atoms. The highest BCUT2D eigenvalue weighted by Gasteiger charge is 2.08. The first-order chi connectivity index (χ1) is 11.0. The third kappa shape index (κ3) is 5.00. The van der Waals surface area contributed by atoms with Gasteiger partial charge in [0, 0.05) is 36.7 Å². The maximum atomic E-state index is 13.2. The first kappa shape index (κ1) is 16.8. The van der Waals surface area contributed by atoms with Gasteiger partial charge in [-0.2, -0.15) is 0 Å². The van der Waals surface area contributed by atoms with Crippen molar-refractivity contribution < 1.29 is 13.6 Å². The van der Waals surface area contributed by atoms with Crippen LogP contribution in [-0.4, -0.2) is 43.0 Å². The standard InChI is InChI=1S/C16H18F2N4O/c1-22(2)8-7-20-16(23)15-10-12(5-6-19-15)21-11-3-4-13(17)14(18)9-11/h3-6,9-10H,7-8H2,1-2H3,(H,19,21)(H,20,23). The van der Waals surface area contributed by atoms with Crippen molar-refractivity contribution in [2.24, 2.45) is 0 Å². The summed E-state index contributed by atoms with van der Waals surface area (Å²) in [7, 11) is 3.83. The summed E-state index contributed by atoms with van der Waals surface area (Å²) in [5.74, 6) is -2.14. The first-order valence-corrected chi connectivity index (χ1v) is 7.07. The van der Waals surface area contributed by atoms with Gasteiger partial charge in [-0.05, 0) is 38.4 Å². The van der Waals surface area contributed by atoms with E-state index in [0.29, 0.717) is 17.9 Å². The minimum atomic E-state index is -0.939. The Morgan fingerprint density at radius 1 is 1.13 bits per heavy atom. The van der Waals surface area contributed by atoms with Gasteiger partial charge in [-0.3, -0.25) is 9.78 Å². The number of nitrogens with one attached hydrogen (secondary N) is 2. The summed E-state index contributed by atoms with van der Waals surface area (Å²) >= 11 is 0. The van der Waals surface area contributed by atoms with Crippen molar-refractivity contribution in [3.8, 4) is 0 Å². The van der Waals surface area contributed by atoms with Crippen LogP contribution in [0.5, 0.6) is 0 Å². The number of likely N-dealkylation sites (N-methyl/N-ethyl adjacent to an activating group) is 1. The third-order valence-corrected chi connectivity index (χ3v) is 3.05. The number of carbonyl (C=O) groups is 1. The van der Waals surface area contributed by atoms with Crippen LogP contribution in [0.4, 0.5) is 20.2 Å². The molecule has 2 aromatic rings. The fourth-order valence-corrected chi connectivity index (χ4v) is 1.86. The molecule has 7 heteroatoms. The molecule has 2 rings (SSSR count). The Morgan fingerprint density at radius 2 is 1.87 bits per heavy atom. The lowest BCUT2D eigenvalue weighted by Gasteiger charge is -2.11. The molecule has 0 unspecified atom stereocenters. The summed E-state index contributed by atoms with van der Waals surface area (Å²) in [5, 5.41) is 5.66.